The molecule has 0 bridgehead atoms. The van der Waals surface area contributed by atoms with Crippen LogP contribution in [-0.4, -0.2) is 69.4 Å². The second-order valence-corrected chi connectivity index (χ2v) is 8.85. The lowest BCUT2D eigenvalue weighted by Gasteiger charge is -2.28. The Hall–Kier alpha value is -3.63. The van der Waals surface area contributed by atoms with Gasteiger partial charge in [0.05, 0.1) is 0 Å². The molecule has 0 spiro atoms. The molecular formula is C24H37N5O6. The normalized spacial score (nSPS) is 13.3. The van der Waals surface area contributed by atoms with Crippen LogP contribution >= 0.6 is 0 Å². The van der Waals surface area contributed by atoms with E-state index in [-0.39, 0.29) is 30.4 Å². The quantitative estimate of drug-likeness (QED) is 0.188. The van der Waals surface area contributed by atoms with E-state index in [1.165, 1.54) is 24.0 Å². The molecule has 11 heteroatoms. The number of phenols is 1. The summed E-state index contributed by atoms with van der Waals surface area (Å²) in [6.07, 6.45) is 0.934. The highest BCUT2D eigenvalue weighted by Crippen LogP contribution is 2.12. The van der Waals surface area contributed by atoms with Crippen molar-refractivity contribution in [2.24, 2.45) is 5.92 Å². The maximum Gasteiger partial charge on any atom is 0.326 e. The standard InChI is InChI=1S/C24H37N5O6/c1-6-11-29(16(5)30)15(4)21(32)28-24(25)27-19(13-17-7-9-18(31)10-8-17)22(33)26-20(23(34)35)12-14(2)3/h7-10,14-15,19-20,31H,6,11-13H2,1-5H3,(H,26,33)(H,34,35)(H3,25,27,28,32)/t15?,19-,20-/m0/s1. The van der Waals surface area contributed by atoms with Gasteiger partial charge < -0.3 is 25.7 Å². The number of phenolic OH excluding ortho intramolecular Hbond substituents is 1. The summed E-state index contributed by atoms with van der Waals surface area (Å²) in [5, 5.41) is 34.7. The fourth-order valence-electron chi connectivity index (χ4n) is 3.49. The minimum Gasteiger partial charge on any atom is -0.508 e. The van der Waals surface area contributed by atoms with E-state index in [1.807, 2.05) is 20.8 Å². The Balaban J connectivity index is 3.01. The van der Waals surface area contributed by atoms with Crippen LogP contribution in [0.25, 0.3) is 0 Å². The van der Waals surface area contributed by atoms with Gasteiger partial charge in [-0.25, -0.2) is 4.79 Å². The monoisotopic (exact) mass is 491 g/mol. The van der Waals surface area contributed by atoms with Crippen molar-refractivity contribution in [1.82, 2.24) is 20.9 Å². The number of carboxylic acids is 1. The number of carbonyl (C=O) groups excluding carboxylic acids is 3. The maximum absolute atomic E-state index is 13.0. The van der Waals surface area contributed by atoms with Gasteiger partial charge >= 0.3 is 5.97 Å². The molecule has 35 heavy (non-hydrogen) atoms. The Morgan fingerprint density at radius 2 is 1.60 bits per heavy atom. The van der Waals surface area contributed by atoms with Crippen LogP contribution in [0.5, 0.6) is 5.75 Å². The lowest BCUT2D eigenvalue weighted by Crippen LogP contribution is -2.57. The zero-order valence-corrected chi connectivity index (χ0v) is 20.9. The molecule has 0 aliphatic heterocycles. The zero-order chi connectivity index (χ0) is 26.7. The fourth-order valence-corrected chi connectivity index (χ4v) is 3.49. The van der Waals surface area contributed by atoms with Crippen molar-refractivity contribution in [2.45, 2.75) is 72.0 Å². The summed E-state index contributed by atoms with van der Waals surface area (Å²) >= 11 is 0. The molecule has 1 rings (SSSR count). The minimum atomic E-state index is -1.17. The molecule has 0 fully saturated rings. The predicted molar refractivity (Wildman–Crippen MR) is 131 cm³/mol. The van der Waals surface area contributed by atoms with Crippen molar-refractivity contribution in [3.05, 3.63) is 29.8 Å². The number of benzene rings is 1. The van der Waals surface area contributed by atoms with Gasteiger partial charge in [-0.05, 0) is 43.4 Å². The number of amides is 3. The molecular weight excluding hydrogens is 454 g/mol. The largest absolute Gasteiger partial charge is 0.508 e. The van der Waals surface area contributed by atoms with E-state index in [0.717, 1.165) is 0 Å². The van der Waals surface area contributed by atoms with E-state index >= 15 is 0 Å². The number of carbonyl (C=O) groups is 4. The lowest BCUT2D eigenvalue weighted by atomic mass is 10.0. The van der Waals surface area contributed by atoms with Crippen LogP contribution in [0.3, 0.4) is 0 Å². The first-order chi connectivity index (χ1) is 16.3. The van der Waals surface area contributed by atoms with Gasteiger partial charge in [0.1, 0.15) is 23.9 Å². The first-order valence-electron chi connectivity index (χ1n) is 11.6. The van der Waals surface area contributed by atoms with Gasteiger partial charge in [0.2, 0.25) is 17.7 Å². The van der Waals surface area contributed by atoms with Crippen molar-refractivity contribution < 1.29 is 29.4 Å². The second-order valence-electron chi connectivity index (χ2n) is 8.85. The van der Waals surface area contributed by atoms with Crippen LogP contribution in [0.1, 0.15) is 53.0 Å². The summed E-state index contributed by atoms with van der Waals surface area (Å²) in [7, 11) is 0. The average molecular weight is 492 g/mol. The second kappa shape index (κ2) is 13.9. The van der Waals surface area contributed by atoms with Gasteiger partial charge in [-0.1, -0.05) is 32.9 Å². The highest BCUT2D eigenvalue weighted by atomic mass is 16.4. The molecule has 0 radical (unpaired) electrons. The van der Waals surface area contributed by atoms with Crippen molar-refractivity contribution in [1.29, 1.82) is 5.41 Å². The Kier molecular flexibility index (Phi) is 11.7. The number of nitrogens with one attached hydrogen (secondary N) is 4. The first kappa shape index (κ1) is 29.4. The summed E-state index contributed by atoms with van der Waals surface area (Å²) in [6.45, 7) is 8.83. The zero-order valence-electron chi connectivity index (χ0n) is 20.9. The van der Waals surface area contributed by atoms with Gasteiger partial charge in [-0.2, -0.15) is 0 Å². The third-order valence-electron chi connectivity index (χ3n) is 5.30. The highest BCUT2D eigenvalue weighted by Gasteiger charge is 2.28. The molecule has 0 aliphatic rings. The number of carboxylic acid groups (broad SMARTS) is 1. The topological polar surface area (TPSA) is 172 Å². The summed E-state index contributed by atoms with van der Waals surface area (Å²) < 4.78 is 0. The predicted octanol–water partition coefficient (Wildman–Crippen LogP) is 1.21. The van der Waals surface area contributed by atoms with Crippen LogP contribution in [0.4, 0.5) is 0 Å². The lowest BCUT2D eigenvalue weighted by molar-refractivity contribution is -0.142. The van der Waals surface area contributed by atoms with Gasteiger partial charge in [0.25, 0.3) is 0 Å². The van der Waals surface area contributed by atoms with E-state index in [0.29, 0.717) is 18.5 Å². The van der Waals surface area contributed by atoms with Gasteiger partial charge in [-0.3, -0.25) is 25.1 Å². The van der Waals surface area contributed by atoms with Crippen molar-refractivity contribution in [2.75, 3.05) is 6.54 Å². The molecule has 1 unspecified atom stereocenters. The van der Waals surface area contributed by atoms with Crippen LogP contribution in [0, 0.1) is 11.3 Å². The highest BCUT2D eigenvalue weighted by molar-refractivity contribution is 6.00. The minimum absolute atomic E-state index is 0.0197. The molecule has 0 aromatic heterocycles. The number of rotatable bonds is 12. The van der Waals surface area contributed by atoms with Gasteiger partial charge in [0, 0.05) is 19.9 Å². The Morgan fingerprint density at radius 1 is 1.00 bits per heavy atom. The number of aromatic hydroxyl groups is 1. The third-order valence-corrected chi connectivity index (χ3v) is 5.30. The molecule has 0 saturated heterocycles. The van der Waals surface area contributed by atoms with E-state index in [2.05, 4.69) is 16.0 Å². The maximum atomic E-state index is 13.0. The Labute approximate surface area is 205 Å². The van der Waals surface area contributed by atoms with E-state index < -0.39 is 41.9 Å². The fraction of sp³-hybridized carbons (Fsp3) is 0.542. The molecule has 3 amide bonds. The number of hydrogen-bond donors (Lipinski definition) is 6. The SMILES string of the molecule is CCCN(C(C)=O)C(C)C(=O)NC(=N)N[C@@H](Cc1ccc(O)cc1)C(=O)N[C@@H](CC(C)C)C(=O)O. The Morgan fingerprint density at radius 3 is 2.09 bits per heavy atom. The van der Waals surface area contributed by atoms with Crippen LogP contribution in [0.15, 0.2) is 24.3 Å². The molecule has 11 nitrogen and oxygen atoms in total. The molecule has 0 heterocycles. The summed E-state index contributed by atoms with van der Waals surface area (Å²) in [4.78, 5) is 50.5. The van der Waals surface area contributed by atoms with E-state index in [9.17, 15) is 29.4 Å². The third kappa shape index (κ3) is 10.0. The smallest absolute Gasteiger partial charge is 0.326 e. The van der Waals surface area contributed by atoms with E-state index in [1.54, 1.807) is 19.1 Å². The molecule has 1 aromatic carbocycles. The van der Waals surface area contributed by atoms with Crippen molar-refractivity contribution >= 4 is 29.7 Å². The van der Waals surface area contributed by atoms with Crippen molar-refractivity contribution in [3.63, 3.8) is 0 Å². The molecule has 1 aromatic rings. The van der Waals surface area contributed by atoms with Crippen LogP contribution in [-0.2, 0) is 25.6 Å². The van der Waals surface area contributed by atoms with Crippen molar-refractivity contribution in [3.8, 4) is 5.75 Å². The van der Waals surface area contributed by atoms with Gasteiger partial charge in [-0.15, -0.1) is 0 Å². The number of aliphatic carboxylic acids is 1. The van der Waals surface area contributed by atoms with Crippen LogP contribution in [0.2, 0.25) is 0 Å². The number of guanidine groups is 1. The van der Waals surface area contributed by atoms with E-state index in [4.69, 9.17) is 5.41 Å². The van der Waals surface area contributed by atoms with Crippen LogP contribution < -0.4 is 16.0 Å². The summed E-state index contributed by atoms with van der Waals surface area (Å²) in [6, 6.07) is 3.05. The molecule has 194 valence electrons. The number of hydrogen-bond acceptors (Lipinski definition) is 6. The number of nitrogens with zero attached hydrogens (tertiary/aromatic N) is 1. The molecule has 0 saturated carbocycles. The van der Waals surface area contributed by atoms with Gasteiger partial charge in [0.15, 0.2) is 5.96 Å². The first-order valence-corrected chi connectivity index (χ1v) is 11.6. The Bertz CT molecular complexity index is 902. The molecule has 0 aliphatic carbocycles. The molecule has 3 atom stereocenters. The average Bonchev–Trinajstić information content (AvgIpc) is 2.76. The molecule has 6 N–H and O–H groups in total. The summed E-state index contributed by atoms with van der Waals surface area (Å²) in [5.74, 6) is -3.10. The summed E-state index contributed by atoms with van der Waals surface area (Å²) in [5.41, 5.74) is 0.643.